The van der Waals surface area contributed by atoms with Crippen molar-refractivity contribution in [2.75, 3.05) is 11.6 Å². The molecule has 25 heavy (non-hydrogen) atoms. The molecule has 6 unspecified atom stereocenters. The van der Waals surface area contributed by atoms with Crippen LogP contribution in [0.1, 0.15) is 13.3 Å². The van der Waals surface area contributed by atoms with Crippen LogP contribution in [0.15, 0.2) is 42.5 Å². The molecule has 3 amide bonds. The molecule has 5 nitrogen and oxygen atoms in total. The molecular formula is C20H20N2O3. The molecule has 6 atom stereocenters. The number of hydrogen-bond donors (Lipinski definition) is 0. The Morgan fingerprint density at radius 2 is 1.60 bits per heavy atom. The maximum atomic E-state index is 13.0. The van der Waals surface area contributed by atoms with E-state index in [4.69, 9.17) is 0 Å². The fraction of sp³-hybridized carbons (Fsp3) is 0.450. The molecule has 0 N–H and O–H groups in total. The fourth-order valence-electron chi connectivity index (χ4n) is 5.27. The molecule has 5 aliphatic rings. The molecule has 2 bridgehead atoms. The van der Waals surface area contributed by atoms with Crippen molar-refractivity contribution in [2.45, 2.75) is 13.3 Å². The molecule has 0 radical (unpaired) electrons. The highest BCUT2D eigenvalue weighted by molar-refractivity contribution is 6.07. The van der Waals surface area contributed by atoms with Crippen molar-refractivity contribution in [2.24, 2.45) is 35.5 Å². The third kappa shape index (κ3) is 1.98. The SMILES string of the molecule is CC(=O)N(CN1C(=O)C2C3C=CC(C4CC34)C2C1=O)c1ccccc1. The molecule has 0 aromatic heterocycles. The lowest BCUT2D eigenvalue weighted by Gasteiger charge is -2.37. The lowest BCUT2D eigenvalue weighted by molar-refractivity contribution is -0.140. The van der Waals surface area contributed by atoms with Gasteiger partial charge in [0.15, 0.2) is 0 Å². The Morgan fingerprint density at radius 3 is 2.12 bits per heavy atom. The molecule has 1 heterocycles. The van der Waals surface area contributed by atoms with E-state index in [1.54, 1.807) is 0 Å². The van der Waals surface area contributed by atoms with Gasteiger partial charge in [-0.15, -0.1) is 0 Å². The number of nitrogens with zero attached hydrogens (tertiary/aromatic N) is 2. The molecule has 128 valence electrons. The molecule has 0 spiro atoms. The van der Waals surface area contributed by atoms with Crippen LogP contribution in [0.25, 0.3) is 0 Å². The van der Waals surface area contributed by atoms with Crippen molar-refractivity contribution in [1.82, 2.24) is 4.90 Å². The normalized spacial score (nSPS) is 37.1. The average Bonchev–Trinajstić information content (AvgIpc) is 3.40. The van der Waals surface area contributed by atoms with Gasteiger partial charge in [0.25, 0.3) is 0 Å². The van der Waals surface area contributed by atoms with Crippen molar-refractivity contribution in [3.63, 3.8) is 0 Å². The smallest absolute Gasteiger partial charge is 0.235 e. The van der Waals surface area contributed by atoms with E-state index >= 15 is 0 Å². The molecule has 4 aliphatic carbocycles. The molecule has 1 aromatic carbocycles. The minimum absolute atomic E-state index is 0.0127. The van der Waals surface area contributed by atoms with E-state index in [0.717, 1.165) is 6.42 Å². The maximum absolute atomic E-state index is 13.0. The number of benzene rings is 1. The summed E-state index contributed by atoms with van der Waals surface area (Å²) < 4.78 is 0. The van der Waals surface area contributed by atoms with Crippen LogP contribution in [0, 0.1) is 35.5 Å². The van der Waals surface area contributed by atoms with Gasteiger partial charge in [0, 0.05) is 12.6 Å². The van der Waals surface area contributed by atoms with E-state index in [-0.39, 0.29) is 48.1 Å². The maximum Gasteiger partial charge on any atom is 0.235 e. The second-order valence-corrected chi connectivity index (χ2v) is 7.68. The first-order valence-electron chi connectivity index (χ1n) is 8.94. The summed E-state index contributed by atoms with van der Waals surface area (Å²) in [4.78, 5) is 41.0. The summed E-state index contributed by atoms with van der Waals surface area (Å²) in [5, 5.41) is 0. The summed E-state index contributed by atoms with van der Waals surface area (Å²) in [7, 11) is 0. The largest absolute Gasteiger partial charge is 0.294 e. The minimum Gasteiger partial charge on any atom is -0.294 e. The minimum atomic E-state index is -0.212. The molecule has 6 rings (SSSR count). The summed E-state index contributed by atoms with van der Waals surface area (Å²) in [6.07, 6.45) is 5.47. The number of rotatable bonds is 3. The van der Waals surface area contributed by atoms with Crippen molar-refractivity contribution in [3.05, 3.63) is 42.5 Å². The summed E-state index contributed by atoms with van der Waals surface area (Å²) in [6.45, 7) is 1.48. The number of imide groups is 1. The predicted octanol–water partition coefficient (Wildman–Crippen LogP) is 2.05. The third-order valence-corrected chi connectivity index (χ3v) is 6.48. The van der Waals surface area contributed by atoms with Crippen LogP contribution < -0.4 is 4.90 Å². The number of allylic oxidation sites excluding steroid dienone is 2. The number of carbonyl (C=O) groups excluding carboxylic acids is 3. The molecule has 2 saturated carbocycles. The standard InChI is InChI=1S/C20H20N2O3/c1-11(23)21(12-5-3-2-4-6-12)10-22-19(24)17-13-7-8-14(16-9-15(13)16)18(17)20(22)25/h2-8,13-18H,9-10H2,1H3. The lowest BCUT2D eigenvalue weighted by Crippen LogP contribution is -2.44. The van der Waals surface area contributed by atoms with Crippen LogP contribution in [-0.4, -0.2) is 29.3 Å². The Kier molecular flexibility index (Phi) is 3.00. The summed E-state index contributed by atoms with van der Waals surface area (Å²) in [5.74, 6) is 0.811. The zero-order chi connectivity index (χ0) is 17.3. The van der Waals surface area contributed by atoms with E-state index in [0.29, 0.717) is 17.5 Å². The van der Waals surface area contributed by atoms with Crippen molar-refractivity contribution < 1.29 is 14.4 Å². The molecule has 3 fully saturated rings. The Bertz CT molecular complexity index is 766. The van der Waals surface area contributed by atoms with Crippen LogP contribution >= 0.6 is 0 Å². The highest BCUT2D eigenvalue weighted by Gasteiger charge is 2.67. The van der Waals surface area contributed by atoms with Gasteiger partial charge >= 0.3 is 0 Å². The number of carbonyl (C=O) groups is 3. The number of para-hydroxylation sites is 1. The topological polar surface area (TPSA) is 57.7 Å². The van der Waals surface area contributed by atoms with Crippen molar-refractivity contribution >= 4 is 23.4 Å². The summed E-state index contributed by atoms with van der Waals surface area (Å²) in [5.41, 5.74) is 0.703. The second-order valence-electron chi connectivity index (χ2n) is 7.68. The van der Waals surface area contributed by atoms with E-state index in [1.807, 2.05) is 30.3 Å². The van der Waals surface area contributed by atoms with E-state index in [9.17, 15) is 14.4 Å². The highest BCUT2D eigenvalue weighted by Crippen LogP contribution is 2.65. The van der Waals surface area contributed by atoms with Crippen molar-refractivity contribution in [1.29, 1.82) is 0 Å². The number of likely N-dealkylation sites (tertiary alicyclic amines) is 1. The highest BCUT2D eigenvalue weighted by atomic mass is 16.2. The van der Waals surface area contributed by atoms with E-state index < -0.39 is 0 Å². The Balaban J connectivity index is 1.45. The quantitative estimate of drug-likeness (QED) is 0.627. The molecular weight excluding hydrogens is 316 g/mol. The van der Waals surface area contributed by atoms with Crippen LogP contribution in [0.4, 0.5) is 5.69 Å². The molecule has 1 saturated heterocycles. The van der Waals surface area contributed by atoms with Crippen LogP contribution in [0.5, 0.6) is 0 Å². The van der Waals surface area contributed by atoms with Gasteiger partial charge in [-0.2, -0.15) is 0 Å². The zero-order valence-electron chi connectivity index (χ0n) is 14.0. The Morgan fingerprint density at radius 1 is 1.04 bits per heavy atom. The van der Waals surface area contributed by atoms with Gasteiger partial charge in [0.1, 0.15) is 6.67 Å². The van der Waals surface area contributed by atoms with Gasteiger partial charge in [-0.3, -0.25) is 24.2 Å². The number of hydrogen-bond acceptors (Lipinski definition) is 3. The fourth-order valence-corrected chi connectivity index (χ4v) is 5.27. The molecule has 5 heteroatoms. The van der Waals surface area contributed by atoms with Crippen LogP contribution in [-0.2, 0) is 14.4 Å². The molecule has 1 aromatic rings. The first-order chi connectivity index (χ1) is 12.1. The third-order valence-electron chi connectivity index (χ3n) is 6.48. The summed E-state index contributed by atoms with van der Waals surface area (Å²) in [6, 6.07) is 9.20. The van der Waals surface area contributed by atoms with Gasteiger partial charge in [0.2, 0.25) is 17.7 Å². The monoisotopic (exact) mass is 336 g/mol. The van der Waals surface area contributed by atoms with E-state index in [1.165, 1.54) is 16.7 Å². The van der Waals surface area contributed by atoms with Crippen molar-refractivity contribution in [3.8, 4) is 0 Å². The van der Waals surface area contributed by atoms with Gasteiger partial charge < -0.3 is 0 Å². The average molecular weight is 336 g/mol. The molecule has 1 aliphatic heterocycles. The van der Waals surface area contributed by atoms with Gasteiger partial charge in [-0.25, -0.2) is 0 Å². The van der Waals surface area contributed by atoms with E-state index in [2.05, 4.69) is 12.2 Å². The Labute approximate surface area is 146 Å². The Hall–Kier alpha value is -2.43. The summed E-state index contributed by atoms with van der Waals surface area (Å²) >= 11 is 0. The number of amides is 3. The zero-order valence-corrected chi connectivity index (χ0v) is 14.0. The predicted molar refractivity (Wildman–Crippen MR) is 91.0 cm³/mol. The second kappa shape index (κ2) is 5.04. The van der Waals surface area contributed by atoms with Gasteiger partial charge in [0.05, 0.1) is 11.8 Å². The van der Waals surface area contributed by atoms with Gasteiger partial charge in [-0.05, 0) is 42.2 Å². The lowest BCUT2D eigenvalue weighted by atomic mass is 9.63. The van der Waals surface area contributed by atoms with Crippen LogP contribution in [0.3, 0.4) is 0 Å². The number of anilines is 1. The first kappa shape index (κ1) is 14.9. The first-order valence-corrected chi connectivity index (χ1v) is 8.94. The van der Waals surface area contributed by atoms with Gasteiger partial charge in [-0.1, -0.05) is 30.4 Å². The van der Waals surface area contributed by atoms with Crippen LogP contribution in [0.2, 0.25) is 0 Å².